The maximum atomic E-state index is 12.3. The molecule has 0 bridgehead atoms. The average Bonchev–Trinajstić information content (AvgIpc) is 2.53. The van der Waals surface area contributed by atoms with Crippen LogP contribution in [0.15, 0.2) is 48.5 Å². The van der Waals surface area contributed by atoms with Gasteiger partial charge in [-0.25, -0.2) is 0 Å². The van der Waals surface area contributed by atoms with Crippen LogP contribution in [0.3, 0.4) is 0 Å². The molecule has 25 heavy (non-hydrogen) atoms. The molecule has 0 atom stereocenters. The average molecular weight is 352 g/mol. The third-order valence-corrected chi connectivity index (χ3v) is 2.97. The summed E-state index contributed by atoms with van der Waals surface area (Å²) in [6, 6.07) is 12.0. The van der Waals surface area contributed by atoms with Crippen molar-refractivity contribution in [1.82, 2.24) is 0 Å². The van der Waals surface area contributed by atoms with Crippen molar-refractivity contribution >= 4 is 23.2 Å². The molecule has 0 spiro atoms. The van der Waals surface area contributed by atoms with Crippen LogP contribution in [0.5, 0.6) is 5.75 Å². The Kier molecular flexibility index (Phi) is 5.63. The molecule has 2 amide bonds. The largest absolute Gasteiger partial charge is 0.482 e. The number of carbonyl (C=O) groups excluding carboxylic acids is 2. The lowest BCUT2D eigenvalue weighted by molar-refractivity contribution is -0.153. The van der Waals surface area contributed by atoms with Gasteiger partial charge in [-0.1, -0.05) is 18.2 Å². The van der Waals surface area contributed by atoms with Gasteiger partial charge in [0.1, 0.15) is 5.75 Å². The van der Waals surface area contributed by atoms with Gasteiger partial charge in [0.2, 0.25) is 5.91 Å². The number of halogens is 3. The van der Waals surface area contributed by atoms with Crippen LogP contribution in [0.2, 0.25) is 0 Å². The standard InChI is InChI=1S/C17H15F3N2O3/c1-11(23)21-13-6-4-5-12(9-13)16(24)22-14-7-2-3-8-15(14)25-10-17(18,19)20/h2-9H,10H2,1H3,(H,21,23)(H,22,24). The van der Waals surface area contributed by atoms with E-state index in [4.69, 9.17) is 4.74 Å². The highest BCUT2D eigenvalue weighted by Gasteiger charge is 2.28. The molecular weight excluding hydrogens is 337 g/mol. The van der Waals surface area contributed by atoms with E-state index in [1.54, 1.807) is 18.2 Å². The zero-order valence-electron chi connectivity index (χ0n) is 13.2. The highest BCUT2D eigenvalue weighted by molar-refractivity contribution is 6.06. The van der Waals surface area contributed by atoms with Crippen molar-refractivity contribution < 1.29 is 27.5 Å². The van der Waals surface area contributed by atoms with Crippen LogP contribution >= 0.6 is 0 Å². The fraction of sp³-hybridized carbons (Fsp3) is 0.176. The van der Waals surface area contributed by atoms with Gasteiger partial charge < -0.3 is 15.4 Å². The summed E-state index contributed by atoms with van der Waals surface area (Å²) >= 11 is 0. The number of carbonyl (C=O) groups is 2. The zero-order valence-corrected chi connectivity index (χ0v) is 13.2. The summed E-state index contributed by atoms with van der Waals surface area (Å²) in [5.41, 5.74) is 0.778. The van der Waals surface area contributed by atoms with Crippen LogP contribution < -0.4 is 15.4 Å². The molecule has 132 valence electrons. The van der Waals surface area contributed by atoms with Crippen molar-refractivity contribution in [2.45, 2.75) is 13.1 Å². The molecule has 5 nitrogen and oxygen atoms in total. The zero-order chi connectivity index (χ0) is 18.4. The van der Waals surface area contributed by atoms with Crippen molar-refractivity contribution in [2.75, 3.05) is 17.2 Å². The van der Waals surface area contributed by atoms with E-state index in [0.29, 0.717) is 5.69 Å². The number of hydrogen-bond acceptors (Lipinski definition) is 3. The number of hydrogen-bond donors (Lipinski definition) is 2. The van der Waals surface area contributed by atoms with Crippen molar-refractivity contribution in [3.63, 3.8) is 0 Å². The summed E-state index contributed by atoms with van der Waals surface area (Å²) in [6.45, 7) is -0.126. The maximum absolute atomic E-state index is 12.3. The Balaban J connectivity index is 2.14. The second-order valence-corrected chi connectivity index (χ2v) is 5.12. The molecular formula is C17H15F3N2O3. The van der Waals surface area contributed by atoms with Gasteiger partial charge >= 0.3 is 6.18 Å². The second-order valence-electron chi connectivity index (χ2n) is 5.12. The Morgan fingerprint density at radius 3 is 2.44 bits per heavy atom. The smallest absolute Gasteiger partial charge is 0.422 e. The summed E-state index contributed by atoms with van der Waals surface area (Å²) < 4.78 is 41.6. The predicted octanol–water partition coefficient (Wildman–Crippen LogP) is 3.84. The SMILES string of the molecule is CC(=O)Nc1cccc(C(=O)Nc2ccccc2OCC(F)(F)F)c1. The van der Waals surface area contributed by atoms with Crippen LogP contribution in [0, 0.1) is 0 Å². The molecule has 0 aliphatic rings. The van der Waals surface area contributed by atoms with E-state index >= 15 is 0 Å². The molecule has 0 fully saturated rings. The number of nitrogens with one attached hydrogen (secondary N) is 2. The lowest BCUT2D eigenvalue weighted by Gasteiger charge is -2.14. The number of ether oxygens (including phenoxy) is 1. The van der Waals surface area contributed by atoms with E-state index in [9.17, 15) is 22.8 Å². The minimum Gasteiger partial charge on any atom is -0.482 e. The molecule has 2 aromatic carbocycles. The summed E-state index contributed by atoms with van der Waals surface area (Å²) in [6.07, 6.45) is -4.48. The van der Waals surface area contributed by atoms with E-state index in [-0.39, 0.29) is 22.9 Å². The van der Waals surface area contributed by atoms with Crippen LogP contribution in [0.1, 0.15) is 17.3 Å². The Morgan fingerprint density at radius 2 is 1.76 bits per heavy atom. The van der Waals surface area contributed by atoms with E-state index in [1.807, 2.05) is 0 Å². The number of alkyl halides is 3. The lowest BCUT2D eigenvalue weighted by atomic mass is 10.1. The first-order chi connectivity index (χ1) is 11.7. The molecule has 0 heterocycles. The predicted molar refractivity (Wildman–Crippen MR) is 86.7 cm³/mol. The first-order valence-corrected chi connectivity index (χ1v) is 7.22. The molecule has 8 heteroatoms. The van der Waals surface area contributed by atoms with Gasteiger partial charge in [-0.3, -0.25) is 9.59 Å². The number of amides is 2. The fourth-order valence-electron chi connectivity index (χ4n) is 1.99. The quantitative estimate of drug-likeness (QED) is 0.859. The molecule has 0 aliphatic heterocycles. The fourth-order valence-corrected chi connectivity index (χ4v) is 1.99. The molecule has 2 N–H and O–H groups in total. The van der Waals surface area contributed by atoms with Gasteiger partial charge in [0.05, 0.1) is 5.69 Å². The number of anilines is 2. The van der Waals surface area contributed by atoms with E-state index in [1.165, 1.54) is 37.3 Å². The first-order valence-electron chi connectivity index (χ1n) is 7.22. The van der Waals surface area contributed by atoms with Gasteiger partial charge in [-0.15, -0.1) is 0 Å². The second kappa shape index (κ2) is 7.69. The van der Waals surface area contributed by atoms with Crippen LogP contribution in [0.25, 0.3) is 0 Å². The topological polar surface area (TPSA) is 67.4 Å². The van der Waals surface area contributed by atoms with Crippen LogP contribution in [-0.4, -0.2) is 24.6 Å². The van der Waals surface area contributed by atoms with Crippen LogP contribution in [0.4, 0.5) is 24.5 Å². The van der Waals surface area contributed by atoms with Gasteiger partial charge in [-0.05, 0) is 30.3 Å². The van der Waals surface area contributed by atoms with Gasteiger partial charge in [-0.2, -0.15) is 13.2 Å². The summed E-state index contributed by atoms with van der Waals surface area (Å²) in [5, 5.41) is 5.04. The first kappa shape index (κ1) is 18.3. The summed E-state index contributed by atoms with van der Waals surface area (Å²) in [7, 11) is 0. The number of rotatable bonds is 5. The van der Waals surface area contributed by atoms with Crippen LogP contribution in [-0.2, 0) is 4.79 Å². The van der Waals surface area contributed by atoms with E-state index < -0.39 is 18.7 Å². The number of benzene rings is 2. The molecule has 2 rings (SSSR count). The van der Waals surface area contributed by atoms with Gasteiger partial charge in [0.15, 0.2) is 6.61 Å². The third-order valence-electron chi connectivity index (χ3n) is 2.97. The minimum atomic E-state index is -4.48. The minimum absolute atomic E-state index is 0.0915. The summed E-state index contributed by atoms with van der Waals surface area (Å²) in [5.74, 6) is -0.926. The van der Waals surface area contributed by atoms with Crippen molar-refractivity contribution in [3.8, 4) is 5.75 Å². The molecule has 0 saturated heterocycles. The van der Waals surface area contributed by atoms with Crippen molar-refractivity contribution in [1.29, 1.82) is 0 Å². The normalized spacial score (nSPS) is 10.9. The molecule has 2 aromatic rings. The van der Waals surface area contributed by atoms with E-state index in [0.717, 1.165) is 0 Å². The third kappa shape index (κ3) is 5.83. The highest BCUT2D eigenvalue weighted by atomic mass is 19.4. The monoisotopic (exact) mass is 352 g/mol. The Labute approximate surface area is 141 Å². The van der Waals surface area contributed by atoms with Gasteiger partial charge in [0.25, 0.3) is 5.91 Å². The lowest BCUT2D eigenvalue weighted by Crippen LogP contribution is -2.20. The molecule has 0 radical (unpaired) electrons. The molecule has 0 aromatic heterocycles. The maximum Gasteiger partial charge on any atom is 0.422 e. The highest BCUT2D eigenvalue weighted by Crippen LogP contribution is 2.27. The van der Waals surface area contributed by atoms with Crippen molar-refractivity contribution in [3.05, 3.63) is 54.1 Å². The Morgan fingerprint density at radius 1 is 1.04 bits per heavy atom. The molecule has 0 aliphatic carbocycles. The van der Waals surface area contributed by atoms with Gasteiger partial charge in [0, 0.05) is 18.2 Å². The van der Waals surface area contributed by atoms with Crippen molar-refractivity contribution in [2.24, 2.45) is 0 Å². The van der Waals surface area contributed by atoms with E-state index in [2.05, 4.69) is 10.6 Å². The Hall–Kier alpha value is -3.03. The molecule has 0 saturated carbocycles. The summed E-state index contributed by atoms with van der Waals surface area (Å²) in [4.78, 5) is 23.4. The number of para-hydroxylation sites is 2. The molecule has 0 unspecified atom stereocenters. The Bertz CT molecular complexity index is 776.